The number of rotatable bonds is 6. The number of aryl methyl sites for hydroxylation is 1. The molecule has 0 bridgehead atoms. The van der Waals surface area contributed by atoms with Gasteiger partial charge in [0.05, 0.1) is 10.7 Å². The highest BCUT2D eigenvalue weighted by Crippen LogP contribution is 2.30. The molecular weight excluding hydrogens is 398 g/mol. The van der Waals surface area contributed by atoms with E-state index in [0.717, 1.165) is 10.8 Å². The fourth-order valence-electron chi connectivity index (χ4n) is 2.77. The number of amides is 1. The van der Waals surface area contributed by atoms with Gasteiger partial charge in [-0.3, -0.25) is 4.79 Å². The van der Waals surface area contributed by atoms with Gasteiger partial charge in [-0.05, 0) is 19.1 Å². The molecule has 0 radical (unpaired) electrons. The minimum absolute atomic E-state index is 0.254. The Morgan fingerprint density at radius 2 is 2.18 bits per heavy atom. The maximum Gasteiger partial charge on any atom is 0.257 e. The van der Waals surface area contributed by atoms with Crippen molar-refractivity contribution in [1.82, 2.24) is 25.2 Å². The summed E-state index contributed by atoms with van der Waals surface area (Å²) in [5.41, 5.74) is 2.39. The molecule has 0 atom stereocenters. The van der Waals surface area contributed by atoms with Crippen molar-refractivity contribution in [2.75, 3.05) is 6.54 Å². The summed E-state index contributed by atoms with van der Waals surface area (Å²) in [6, 6.07) is 9.07. The fourth-order valence-corrected chi connectivity index (χ4v) is 3.79. The van der Waals surface area contributed by atoms with Gasteiger partial charge in [-0.2, -0.15) is 5.10 Å². The molecule has 28 heavy (non-hydrogen) atoms. The van der Waals surface area contributed by atoms with Crippen LogP contribution >= 0.6 is 22.9 Å². The minimum atomic E-state index is -0.254. The van der Waals surface area contributed by atoms with E-state index < -0.39 is 0 Å². The van der Waals surface area contributed by atoms with Crippen LogP contribution in [0.15, 0.2) is 52.6 Å². The molecule has 0 unspecified atom stereocenters. The number of carbonyl (C=O) groups is 1. The van der Waals surface area contributed by atoms with E-state index in [1.807, 2.05) is 35.8 Å². The second kappa shape index (κ2) is 7.95. The van der Waals surface area contributed by atoms with Crippen LogP contribution in [0.5, 0.6) is 0 Å². The molecule has 0 fully saturated rings. The number of halogens is 1. The quantitative estimate of drug-likeness (QED) is 0.517. The number of hydrogen-bond donors (Lipinski definition) is 1. The summed E-state index contributed by atoms with van der Waals surface area (Å²) < 4.78 is 6.96. The van der Waals surface area contributed by atoms with Crippen LogP contribution in [0.4, 0.5) is 0 Å². The summed E-state index contributed by atoms with van der Waals surface area (Å²) in [6.45, 7) is 2.15. The van der Waals surface area contributed by atoms with Gasteiger partial charge >= 0.3 is 0 Å². The molecule has 0 spiro atoms. The second-order valence-electron chi connectivity index (χ2n) is 6.02. The van der Waals surface area contributed by atoms with Crippen LogP contribution in [0.1, 0.15) is 21.8 Å². The van der Waals surface area contributed by atoms with E-state index >= 15 is 0 Å². The molecule has 7 nitrogen and oxygen atoms in total. The Balaban J connectivity index is 1.44. The first-order chi connectivity index (χ1) is 13.6. The van der Waals surface area contributed by atoms with Gasteiger partial charge in [0.25, 0.3) is 5.91 Å². The van der Waals surface area contributed by atoms with E-state index in [9.17, 15) is 4.79 Å². The normalized spacial score (nSPS) is 10.9. The molecule has 9 heteroatoms. The number of hydrogen-bond acceptors (Lipinski definition) is 6. The SMILES string of the molecule is Cc1onc(-c2ccccc2Cl)c1C(=O)NCCc1csc(-n2cccn2)n1. The zero-order chi connectivity index (χ0) is 19.5. The molecule has 3 heterocycles. The Kier molecular flexibility index (Phi) is 5.23. The molecule has 1 amide bonds. The maximum atomic E-state index is 12.7. The highest BCUT2D eigenvalue weighted by molar-refractivity contribution is 7.12. The van der Waals surface area contributed by atoms with Crippen LogP contribution in [0, 0.1) is 6.92 Å². The van der Waals surface area contributed by atoms with Crippen LogP contribution in [0.2, 0.25) is 5.02 Å². The molecule has 3 aromatic heterocycles. The van der Waals surface area contributed by atoms with E-state index in [-0.39, 0.29) is 5.91 Å². The van der Waals surface area contributed by atoms with Crippen molar-refractivity contribution >= 4 is 28.8 Å². The molecule has 0 aliphatic rings. The first-order valence-corrected chi connectivity index (χ1v) is 9.83. The third kappa shape index (κ3) is 3.69. The molecule has 0 saturated carbocycles. The maximum absolute atomic E-state index is 12.7. The third-order valence-corrected chi connectivity index (χ3v) is 5.33. The predicted octanol–water partition coefficient (Wildman–Crippen LogP) is 3.92. The van der Waals surface area contributed by atoms with Crippen LogP contribution < -0.4 is 5.32 Å². The molecule has 4 rings (SSSR count). The molecular formula is C19H16ClN5O2S. The lowest BCUT2D eigenvalue weighted by molar-refractivity contribution is 0.0953. The Morgan fingerprint density at radius 3 is 2.96 bits per heavy atom. The van der Waals surface area contributed by atoms with Crippen molar-refractivity contribution in [2.45, 2.75) is 13.3 Å². The van der Waals surface area contributed by atoms with Gasteiger partial charge in [-0.1, -0.05) is 35.0 Å². The van der Waals surface area contributed by atoms with Crippen LogP contribution in [0.3, 0.4) is 0 Å². The van der Waals surface area contributed by atoms with Crippen molar-refractivity contribution in [3.8, 4) is 16.4 Å². The van der Waals surface area contributed by atoms with Crippen LogP contribution in [0.25, 0.3) is 16.4 Å². The number of nitrogens with one attached hydrogen (secondary N) is 1. The largest absolute Gasteiger partial charge is 0.360 e. The highest BCUT2D eigenvalue weighted by Gasteiger charge is 2.22. The predicted molar refractivity (Wildman–Crippen MR) is 107 cm³/mol. The summed E-state index contributed by atoms with van der Waals surface area (Å²) in [5, 5.41) is 14.4. The van der Waals surface area contributed by atoms with Crippen molar-refractivity contribution < 1.29 is 9.32 Å². The van der Waals surface area contributed by atoms with E-state index in [2.05, 4.69) is 20.6 Å². The number of carbonyl (C=O) groups excluding carboxylic acids is 1. The zero-order valence-corrected chi connectivity index (χ0v) is 16.5. The lowest BCUT2D eigenvalue weighted by atomic mass is 10.1. The van der Waals surface area contributed by atoms with Crippen LogP contribution in [-0.2, 0) is 6.42 Å². The molecule has 4 aromatic rings. The van der Waals surface area contributed by atoms with Gasteiger partial charge in [-0.15, -0.1) is 11.3 Å². The third-order valence-electron chi connectivity index (χ3n) is 4.13. The van der Waals surface area contributed by atoms with Crippen molar-refractivity contribution in [3.63, 3.8) is 0 Å². The molecule has 0 saturated heterocycles. The van der Waals surface area contributed by atoms with Gasteiger partial charge in [0.2, 0.25) is 5.13 Å². The topological polar surface area (TPSA) is 85.8 Å². The van der Waals surface area contributed by atoms with Gasteiger partial charge in [0, 0.05) is 36.3 Å². The summed E-state index contributed by atoms with van der Waals surface area (Å²) in [4.78, 5) is 17.3. The number of benzene rings is 1. The minimum Gasteiger partial charge on any atom is -0.360 e. The Morgan fingerprint density at radius 1 is 1.32 bits per heavy atom. The molecule has 1 N–H and O–H groups in total. The van der Waals surface area contributed by atoms with Crippen molar-refractivity contribution in [2.24, 2.45) is 0 Å². The second-order valence-corrected chi connectivity index (χ2v) is 7.26. The molecule has 0 aliphatic carbocycles. The van der Waals surface area contributed by atoms with Crippen molar-refractivity contribution in [1.29, 1.82) is 0 Å². The molecule has 142 valence electrons. The number of nitrogens with zero attached hydrogens (tertiary/aromatic N) is 4. The van der Waals surface area contributed by atoms with Gasteiger partial charge < -0.3 is 9.84 Å². The first-order valence-electron chi connectivity index (χ1n) is 8.57. The monoisotopic (exact) mass is 413 g/mol. The van der Waals surface area contributed by atoms with Gasteiger partial charge in [-0.25, -0.2) is 9.67 Å². The Hall–Kier alpha value is -2.97. The lowest BCUT2D eigenvalue weighted by Gasteiger charge is -2.06. The van der Waals surface area contributed by atoms with Gasteiger partial charge in [0.1, 0.15) is 17.0 Å². The van der Waals surface area contributed by atoms with Gasteiger partial charge in [0.15, 0.2) is 0 Å². The first kappa shape index (κ1) is 18.4. The summed E-state index contributed by atoms with van der Waals surface area (Å²) in [6.07, 6.45) is 4.16. The Bertz CT molecular complexity index is 1100. The number of aromatic nitrogens is 4. The van der Waals surface area contributed by atoms with E-state index in [1.54, 1.807) is 23.9 Å². The summed E-state index contributed by atoms with van der Waals surface area (Å²) in [5.74, 6) is 0.193. The molecule has 0 aliphatic heterocycles. The fraction of sp³-hybridized carbons (Fsp3) is 0.158. The van der Waals surface area contributed by atoms with Crippen LogP contribution in [-0.4, -0.2) is 32.4 Å². The van der Waals surface area contributed by atoms with E-state index in [1.165, 1.54) is 11.3 Å². The highest BCUT2D eigenvalue weighted by atomic mass is 35.5. The Labute approximate surface area is 170 Å². The average molecular weight is 414 g/mol. The lowest BCUT2D eigenvalue weighted by Crippen LogP contribution is -2.26. The standard InChI is InChI=1S/C19H16ClN5O2S/c1-12-16(17(24-27-12)14-5-2-3-6-15(14)20)18(26)21-9-7-13-11-28-19(23-13)25-10-4-8-22-25/h2-6,8,10-11H,7,9H2,1H3,(H,21,26). The summed E-state index contributed by atoms with van der Waals surface area (Å²) in [7, 11) is 0. The zero-order valence-electron chi connectivity index (χ0n) is 14.9. The van der Waals surface area contributed by atoms with E-state index in [4.69, 9.17) is 16.1 Å². The average Bonchev–Trinajstić information content (AvgIpc) is 3.42. The van der Waals surface area contributed by atoms with Crippen molar-refractivity contribution in [3.05, 3.63) is 70.1 Å². The van der Waals surface area contributed by atoms with E-state index in [0.29, 0.717) is 40.6 Å². The summed E-state index contributed by atoms with van der Waals surface area (Å²) >= 11 is 7.75. The smallest absolute Gasteiger partial charge is 0.257 e. The molecule has 1 aromatic carbocycles. The number of thiazole rings is 1.